The van der Waals surface area contributed by atoms with Crippen LogP contribution < -0.4 is 5.32 Å². The maximum atomic E-state index is 4.03. The zero-order valence-corrected chi connectivity index (χ0v) is 7.74. The molecular weight excluding hydrogens is 162 g/mol. The molecule has 2 rings (SSSR count). The van der Waals surface area contributed by atoms with Gasteiger partial charge in [0.1, 0.15) is 0 Å². The molecule has 0 atom stereocenters. The summed E-state index contributed by atoms with van der Waals surface area (Å²) in [7, 11) is 0. The lowest BCUT2D eigenvalue weighted by Gasteiger charge is -2.10. The minimum atomic E-state index is 0.710. The molecule has 0 saturated heterocycles. The van der Waals surface area contributed by atoms with Gasteiger partial charge in [0, 0.05) is 18.8 Å². The van der Waals surface area contributed by atoms with Crippen LogP contribution in [0, 0.1) is 0 Å². The Labute approximate surface area is 78.6 Å². The fourth-order valence-electron chi connectivity index (χ4n) is 1.81. The second-order valence-corrected chi connectivity index (χ2v) is 3.58. The summed E-state index contributed by atoms with van der Waals surface area (Å²) in [5.41, 5.74) is 1.04. The molecule has 70 valence electrons. The van der Waals surface area contributed by atoms with Gasteiger partial charge in [-0.3, -0.25) is 0 Å². The monoisotopic (exact) mass is 177 g/mol. The first kappa shape index (κ1) is 8.63. The molecule has 1 N–H and O–H groups in total. The van der Waals surface area contributed by atoms with Crippen molar-refractivity contribution in [3.05, 3.63) is 24.0 Å². The van der Waals surface area contributed by atoms with E-state index < -0.39 is 0 Å². The van der Waals surface area contributed by atoms with E-state index >= 15 is 0 Å². The van der Waals surface area contributed by atoms with Gasteiger partial charge in [0.2, 0.25) is 0 Å². The first-order chi connectivity index (χ1) is 6.45. The van der Waals surface area contributed by atoms with Crippen molar-refractivity contribution < 1.29 is 0 Å². The van der Waals surface area contributed by atoms with Crippen molar-refractivity contribution in [2.45, 2.75) is 38.3 Å². The highest BCUT2D eigenvalue weighted by Crippen LogP contribution is 2.17. The van der Waals surface area contributed by atoms with E-state index in [4.69, 9.17) is 0 Å². The van der Waals surface area contributed by atoms with E-state index in [1.165, 1.54) is 25.7 Å². The van der Waals surface area contributed by atoms with E-state index in [1.54, 1.807) is 6.20 Å². The highest BCUT2D eigenvalue weighted by molar-refractivity contribution is 4.98. The minimum Gasteiger partial charge on any atom is -0.308 e. The largest absolute Gasteiger partial charge is 0.308 e. The fraction of sp³-hybridized carbons (Fsp3) is 0.600. The molecule has 0 unspecified atom stereocenters. The smallest absolute Gasteiger partial charge is 0.0769 e. The lowest BCUT2D eigenvalue weighted by Crippen LogP contribution is -2.25. The van der Waals surface area contributed by atoms with Crippen LogP contribution in [-0.4, -0.2) is 16.2 Å². The highest BCUT2D eigenvalue weighted by atomic mass is 15.1. The van der Waals surface area contributed by atoms with Gasteiger partial charge in [-0.2, -0.15) is 10.2 Å². The number of aromatic nitrogens is 2. The predicted octanol–water partition coefficient (Wildman–Crippen LogP) is 1.51. The van der Waals surface area contributed by atoms with Gasteiger partial charge in [-0.1, -0.05) is 12.8 Å². The summed E-state index contributed by atoms with van der Waals surface area (Å²) < 4.78 is 0. The minimum absolute atomic E-state index is 0.710. The summed E-state index contributed by atoms with van der Waals surface area (Å²) in [5, 5.41) is 11.4. The molecule has 0 aliphatic heterocycles. The molecule has 0 radical (unpaired) electrons. The van der Waals surface area contributed by atoms with Crippen molar-refractivity contribution in [3.8, 4) is 0 Å². The molecule has 1 aromatic rings. The molecule has 1 heterocycles. The Balaban J connectivity index is 1.79. The molecule has 3 nitrogen and oxygen atoms in total. The molecule has 0 spiro atoms. The van der Waals surface area contributed by atoms with Crippen LogP contribution in [0.15, 0.2) is 18.3 Å². The number of nitrogens with zero attached hydrogens (tertiary/aromatic N) is 2. The first-order valence-electron chi connectivity index (χ1n) is 4.95. The lowest BCUT2D eigenvalue weighted by atomic mass is 10.2. The van der Waals surface area contributed by atoms with Gasteiger partial charge in [-0.05, 0) is 25.0 Å². The van der Waals surface area contributed by atoms with E-state index in [-0.39, 0.29) is 0 Å². The van der Waals surface area contributed by atoms with Gasteiger partial charge in [-0.25, -0.2) is 0 Å². The second kappa shape index (κ2) is 4.33. The maximum absolute atomic E-state index is 4.03. The van der Waals surface area contributed by atoms with Gasteiger partial charge < -0.3 is 5.32 Å². The Morgan fingerprint density at radius 1 is 1.38 bits per heavy atom. The number of rotatable bonds is 3. The molecule has 13 heavy (non-hydrogen) atoms. The highest BCUT2D eigenvalue weighted by Gasteiger charge is 2.13. The average molecular weight is 177 g/mol. The maximum Gasteiger partial charge on any atom is 0.0769 e. The zero-order chi connectivity index (χ0) is 8.93. The summed E-state index contributed by atoms with van der Waals surface area (Å²) >= 11 is 0. The lowest BCUT2D eigenvalue weighted by molar-refractivity contribution is 0.517. The molecule has 1 aliphatic carbocycles. The SMILES string of the molecule is c1cnnc(CNC2CCCC2)c1. The van der Waals surface area contributed by atoms with Crippen molar-refractivity contribution in [3.63, 3.8) is 0 Å². The fourth-order valence-corrected chi connectivity index (χ4v) is 1.81. The summed E-state index contributed by atoms with van der Waals surface area (Å²) in [6.45, 7) is 0.860. The van der Waals surface area contributed by atoms with Crippen molar-refractivity contribution >= 4 is 0 Å². The van der Waals surface area contributed by atoms with E-state index in [9.17, 15) is 0 Å². The number of hydrogen-bond acceptors (Lipinski definition) is 3. The molecule has 1 aromatic heterocycles. The van der Waals surface area contributed by atoms with E-state index in [1.807, 2.05) is 12.1 Å². The van der Waals surface area contributed by atoms with Crippen LogP contribution in [0.4, 0.5) is 0 Å². The molecule has 1 aliphatic rings. The van der Waals surface area contributed by atoms with Crippen molar-refractivity contribution in [1.82, 2.24) is 15.5 Å². The van der Waals surface area contributed by atoms with Crippen molar-refractivity contribution in [2.24, 2.45) is 0 Å². The third-order valence-corrected chi connectivity index (χ3v) is 2.55. The van der Waals surface area contributed by atoms with E-state index in [0.29, 0.717) is 6.04 Å². The first-order valence-corrected chi connectivity index (χ1v) is 4.95. The molecule has 0 bridgehead atoms. The zero-order valence-electron chi connectivity index (χ0n) is 7.74. The second-order valence-electron chi connectivity index (χ2n) is 3.58. The van der Waals surface area contributed by atoms with Gasteiger partial charge >= 0.3 is 0 Å². The van der Waals surface area contributed by atoms with Crippen LogP contribution in [0.1, 0.15) is 31.4 Å². The van der Waals surface area contributed by atoms with Gasteiger partial charge in [0.05, 0.1) is 5.69 Å². The third kappa shape index (κ3) is 2.49. The standard InChI is InChI=1S/C10H15N3/c1-2-5-9(4-1)11-8-10-6-3-7-12-13-10/h3,6-7,9,11H,1-2,4-5,8H2. The van der Waals surface area contributed by atoms with Crippen LogP contribution in [0.25, 0.3) is 0 Å². The molecular formula is C10H15N3. The summed E-state index contributed by atoms with van der Waals surface area (Å²) in [6, 6.07) is 4.65. The molecule has 1 fully saturated rings. The summed E-state index contributed by atoms with van der Waals surface area (Å²) in [4.78, 5) is 0. The number of nitrogens with one attached hydrogen (secondary N) is 1. The predicted molar refractivity (Wildman–Crippen MR) is 51.1 cm³/mol. The van der Waals surface area contributed by atoms with Gasteiger partial charge in [0.25, 0.3) is 0 Å². The molecule has 0 aromatic carbocycles. The Kier molecular flexibility index (Phi) is 2.87. The van der Waals surface area contributed by atoms with E-state index in [2.05, 4.69) is 15.5 Å². The molecule has 1 saturated carbocycles. The van der Waals surface area contributed by atoms with Crippen molar-refractivity contribution in [1.29, 1.82) is 0 Å². The van der Waals surface area contributed by atoms with Gasteiger partial charge in [0.15, 0.2) is 0 Å². The third-order valence-electron chi connectivity index (χ3n) is 2.55. The number of hydrogen-bond donors (Lipinski definition) is 1. The van der Waals surface area contributed by atoms with Crippen LogP contribution in [-0.2, 0) is 6.54 Å². The van der Waals surface area contributed by atoms with Crippen LogP contribution >= 0.6 is 0 Å². The summed E-state index contributed by atoms with van der Waals surface area (Å²) in [6.07, 6.45) is 7.09. The molecule has 3 heteroatoms. The Morgan fingerprint density at radius 2 is 2.23 bits per heavy atom. The Morgan fingerprint density at radius 3 is 2.92 bits per heavy atom. The normalized spacial score (nSPS) is 17.8. The molecule has 0 amide bonds. The van der Waals surface area contributed by atoms with Gasteiger partial charge in [-0.15, -0.1) is 0 Å². The van der Waals surface area contributed by atoms with Crippen LogP contribution in [0.2, 0.25) is 0 Å². The topological polar surface area (TPSA) is 37.8 Å². The van der Waals surface area contributed by atoms with Crippen LogP contribution in [0.3, 0.4) is 0 Å². The van der Waals surface area contributed by atoms with Crippen molar-refractivity contribution in [2.75, 3.05) is 0 Å². The van der Waals surface area contributed by atoms with E-state index in [0.717, 1.165) is 12.2 Å². The Bertz CT molecular complexity index is 242. The van der Waals surface area contributed by atoms with Crippen LogP contribution in [0.5, 0.6) is 0 Å². The Hall–Kier alpha value is -0.960. The quantitative estimate of drug-likeness (QED) is 0.760. The summed E-state index contributed by atoms with van der Waals surface area (Å²) in [5.74, 6) is 0. The average Bonchev–Trinajstić information content (AvgIpc) is 2.69.